The molecule has 1 aliphatic heterocycles. The van der Waals surface area contributed by atoms with Crippen molar-refractivity contribution in [2.45, 2.75) is 52.9 Å². The number of rotatable bonds is 2. The van der Waals surface area contributed by atoms with Crippen molar-refractivity contribution in [1.29, 1.82) is 0 Å². The molecule has 0 aliphatic carbocycles. The molecule has 1 aromatic heterocycles. The molecule has 0 radical (unpaired) electrons. The molecule has 0 spiro atoms. The van der Waals surface area contributed by atoms with Gasteiger partial charge in [0.1, 0.15) is 0 Å². The van der Waals surface area contributed by atoms with Crippen molar-refractivity contribution in [3.05, 3.63) is 33.2 Å². The van der Waals surface area contributed by atoms with Crippen LogP contribution in [0, 0.1) is 13.8 Å². The normalized spacial score (nSPS) is 20.8. The average Bonchev–Trinajstić information content (AvgIpc) is 2.34. The standard InChI is InChI=1S/C16H25N3O3/c1-10-6-11(2)18-14(20)13(10)7-17-15(21)19-8-12(3)22-16(4,5)9-19/h6,12H,7-9H2,1-5H3,(H,17,21)(H,18,20). The fourth-order valence-corrected chi connectivity index (χ4v) is 2.99. The SMILES string of the molecule is Cc1cc(C)c(CNC(=O)N2CC(C)OC(C)(C)C2)c(=O)[nH]1. The van der Waals surface area contributed by atoms with Gasteiger partial charge in [-0.15, -0.1) is 0 Å². The van der Waals surface area contributed by atoms with Crippen molar-refractivity contribution < 1.29 is 9.53 Å². The van der Waals surface area contributed by atoms with Crippen LogP contribution in [0.3, 0.4) is 0 Å². The first-order chi connectivity index (χ1) is 10.2. The number of hydrogen-bond donors (Lipinski definition) is 2. The van der Waals surface area contributed by atoms with Gasteiger partial charge >= 0.3 is 6.03 Å². The highest BCUT2D eigenvalue weighted by molar-refractivity contribution is 5.74. The van der Waals surface area contributed by atoms with Gasteiger partial charge in [0.15, 0.2) is 0 Å². The predicted molar refractivity (Wildman–Crippen MR) is 85.0 cm³/mol. The Kier molecular flexibility index (Phi) is 4.60. The maximum atomic E-state index is 12.3. The Morgan fingerprint density at radius 3 is 2.77 bits per heavy atom. The molecule has 2 N–H and O–H groups in total. The van der Waals surface area contributed by atoms with E-state index in [0.29, 0.717) is 18.7 Å². The molecule has 1 aliphatic rings. The number of carbonyl (C=O) groups excluding carboxylic acids is 1. The van der Waals surface area contributed by atoms with Gasteiger partial charge in [-0.25, -0.2) is 4.79 Å². The molecule has 1 aromatic rings. The number of nitrogens with zero attached hydrogens (tertiary/aromatic N) is 1. The van der Waals surface area contributed by atoms with Gasteiger partial charge in [0, 0.05) is 17.8 Å². The molecule has 1 unspecified atom stereocenters. The van der Waals surface area contributed by atoms with Crippen molar-refractivity contribution in [2.75, 3.05) is 13.1 Å². The third-order valence-electron chi connectivity index (χ3n) is 3.77. The van der Waals surface area contributed by atoms with E-state index < -0.39 is 0 Å². The summed E-state index contributed by atoms with van der Waals surface area (Å²) in [7, 11) is 0. The highest BCUT2D eigenvalue weighted by Crippen LogP contribution is 2.20. The van der Waals surface area contributed by atoms with E-state index in [9.17, 15) is 9.59 Å². The van der Waals surface area contributed by atoms with Gasteiger partial charge in [-0.2, -0.15) is 0 Å². The topological polar surface area (TPSA) is 74.4 Å². The van der Waals surface area contributed by atoms with Crippen LogP contribution in [0.15, 0.2) is 10.9 Å². The Morgan fingerprint density at radius 2 is 2.18 bits per heavy atom. The van der Waals surface area contributed by atoms with Crippen LogP contribution in [0.5, 0.6) is 0 Å². The second kappa shape index (κ2) is 6.12. The van der Waals surface area contributed by atoms with Crippen molar-refractivity contribution in [2.24, 2.45) is 0 Å². The molecule has 1 saturated heterocycles. The Morgan fingerprint density at radius 1 is 1.50 bits per heavy atom. The van der Waals surface area contributed by atoms with Crippen LogP contribution in [-0.2, 0) is 11.3 Å². The van der Waals surface area contributed by atoms with Crippen LogP contribution < -0.4 is 10.9 Å². The van der Waals surface area contributed by atoms with E-state index in [1.165, 1.54) is 0 Å². The molecule has 2 heterocycles. The van der Waals surface area contributed by atoms with Gasteiger partial charge in [0.25, 0.3) is 5.56 Å². The summed E-state index contributed by atoms with van der Waals surface area (Å²) in [6.07, 6.45) is -0.000913. The van der Waals surface area contributed by atoms with Crippen LogP contribution in [-0.4, -0.2) is 40.7 Å². The molecule has 1 fully saturated rings. The van der Waals surface area contributed by atoms with E-state index in [2.05, 4.69) is 10.3 Å². The summed E-state index contributed by atoms with van der Waals surface area (Å²) in [5, 5.41) is 2.84. The number of aryl methyl sites for hydroxylation is 2. The number of urea groups is 1. The Labute approximate surface area is 130 Å². The second-order valence-corrected chi connectivity index (χ2v) is 6.67. The number of amides is 2. The number of hydrogen-bond acceptors (Lipinski definition) is 3. The summed E-state index contributed by atoms with van der Waals surface area (Å²) < 4.78 is 5.79. The molecule has 22 heavy (non-hydrogen) atoms. The lowest BCUT2D eigenvalue weighted by molar-refractivity contribution is -0.117. The van der Waals surface area contributed by atoms with Gasteiger partial charge in [-0.3, -0.25) is 4.79 Å². The Bertz CT molecular complexity index is 622. The average molecular weight is 307 g/mol. The number of nitrogens with one attached hydrogen (secondary N) is 2. The van der Waals surface area contributed by atoms with Gasteiger partial charge in [-0.05, 0) is 46.2 Å². The van der Waals surface area contributed by atoms with Gasteiger partial charge in [-0.1, -0.05) is 0 Å². The van der Waals surface area contributed by atoms with E-state index in [1.807, 2.05) is 40.7 Å². The summed E-state index contributed by atoms with van der Waals surface area (Å²) in [5.41, 5.74) is 1.80. The van der Waals surface area contributed by atoms with Crippen LogP contribution >= 0.6 is 0 Å². The first kappa shape index (κ1) is 16.5. The highest BCUT2D eigenvalue weighted by atomic mass is 16.5. The molecule has 122 valence electrons. The number of aromatic nitrogens is 1. The maximum absolute atomic E-state index is 12.3. The Balaban J connectivity index is 2.03. The fraction of sp³-hybridized carbons (Fsp3) is 0.625. The van der Waals surface area contributed by atoms with Gasteiger partial charge in [0.05, 0.1) is 24.8 Å². The van der Waals surface area contributed by atoms with Crippen molar-refractivity contribution in [1.82, 2.24) is 15.2 Å². The zero-order valence-corrected chi connectivity index (χ0v) is 13.9. The summed E-state index contributed by atoms with van der Waals surface area (Å²) in [5.74, 6) is 0. The number of aromatic amines is 1. The highest BCUT2D eigenvalue weighted by Gasteiger charge is 2.33. The van der Waals surface area contributed by atoms with E-state index in [4.69, 9.17) is 4.74 Å². The van der Waals surface area contributed by atoms with E-state index in [0.717, 1.165) is 11.3 Å². The lowest BCUT2D eigenvalue weighted by Crippen LogP contribution is -2.56. The molecule has 1 atom stereocenters. The zero-order chi connectivity index (χ0) is 16.5. The third kappa shape index (κ3) is 3.88. The quantitative estimate of drug-likeness (QED) is 0.873. The van der Waals surface area contributed by atoms with Crippen LogP contribution in [0.25, 0.3) is 0 Å². The summed E-state index contributed by atoms with van der Waals surface area (Å²) in [6.45, 7) is 10.9. The largest absolute Gasteiger partial charge is 0.369 e. The van der Waals surface area contributed by atoms with Crippen LogP contribution in [0.2, 0.25) is 0 Å². The molecular weight excluding hydrogens is 282 g/mol. The molecule has 2 rings (SSSR count). The zero-order valence-electron chi connectivity index (χ0n) is 13.9. The first-order valence-electron chi connectivity index (χ1n) is 7.58. The summed E-state index contributed by atoms with van der Waals surface area (Å²) in [6, 6.07) is 1.74. The lowest BCUT2D eigenvalue weighted by Gasteiger charge is -2.41. The van der Waals surface area contributed by atoms with Crippen molar-refractivity contribution in [3.63, 3.8) is 0 Å². The molecule has 6 heteroatoms. The fourth-order valence-electron chi connectivity index (χ4n) is 2.99. The minimum atomic E-state index is -0.355. The maximum Gasteiger partial charge on any atom is 0.317 e. The lowest BCUT2D eigenvalue weighted by atomic mass is 10.1. The van der Waals surface area contributed by atoms with E-state index in [-0.39, 0.29) is 29.8 Å². The van der Waals surface area contributed by atoms with E-state index >= 15 is 0 Å². The first-order valence-corrected chi connectivity index (χ1v) is 7.58. The molecular formula is C16H25N3O3. The summed E-state index contributed by atoms with van der Waals surface area (Å²) in [4.78, 5) is 28.8. The van der Waals surface area contributed by atoms with E-state index in [1.54, 1.807) is 4.90 Å². The van der Waals surface area contributed by atoms with Crippen molar-refractivity contribution in [3.8, 4) is 0 Å². The van der Waals surface area contributed by atoms with Gasteiger partial charge < -0.3 is 19.9 Å². The van der Waals surface area contributed by atoms with Crippen LogP contribution in [0.4, 0.5) is 4.79 Å². The van der Waals surface area contributed by atoms with Crippen LogP contribution in [0.1, 0.15) is 37.6 Å². The smallest absolute Gasteiger partial charge is 0.317 e. The number of carbonyl (C=O) groups is 1. The molecule has 0 aromatic carbocycles. The molecule has 2 amide bonds. The predicted octanol–water partition coefficient (Wildman–Crippen LogP) is 1.70. The van der Waals surface area contributed by atoms with Crippen molar-refractivity contribution >= 4 is 6.03 Å². The number of H-pyrrole nitrogens is 1. The number of morpholine rings is 1. The minimum absolute atomic E-state index is 0.000913. The Hall–Kier alpha value is -1.82. The summed E-state index contributed by atoms with van der Waals surface area (Å²) >= 11 is 0. The monoisotopic (exact) mass is 307 g/mol. The molecule has 6 nitrogen and oxygen atoms in total. The minimum Gasteiger partial charge on any atom is -0.369 e. The molecule has 0 saturated carbocycles. The van der Waals surface area contributed by atoms with Gasteiger partial charge in [0.2, 0.25) is 0 Å². The molecule has 0 bridgehead atoms. The second-order valence-electron chi connectivity index (χ2n) is 6.67. The number of ether oxygens (including phenoxy) is 1. The number of pyridine rings is 1. The third-order valence-corrected chi connectivity index (χ3v) is 3.77.